The fraction of sp³-hybridized carbons (Fsp3) is 0.562. The second-order valence-corrected chi connectivity index (χ2v) is 5.61. The second kappa shape index (κ2) is 6.86. The van der Waals surface area contributed by atoms with Crippen molar-refractivity contribution in [3.05, 3.63) is 35.4 Å². The first-order valence-corrected chi connectivity index (χ1v) is 7.45. The van der Waals surface area contributed by atoms with Gasteiger partial charge in [0.1, 0.15) is 6.04 Å². The van der Waals surface area contributed by atoms with Crippen molar-refractivity contribution in [3.8, 4) is 0 Å². The van der Waals surface area contributed by atoms with Crippen LogP contribution in [-0.2, 0) is 4.79 Å². The largest absolute Gasteiger partial charge is 0.352 e. The van der Waals surface area contributed by atoms with Gasteiger partial charge in [-0.05, 0) is 31.9 Å². The lowest BCUT2D eigenvalue weighted by atomic mass is 10.0. The molecule has 1 fully saturated rings. The van der Waals surface area contributed by atoms with Crippen molar-refractivity contribution in [2.24, 2.45) is 5.73 Å². The van der Waals surface area contributed by atoms with Gasteiger partial charge < -0.3 is 16.0 Å². The highest BCUT2D eigenvalue weighted by atomic mass is 16.2. The zero-order valence-electron chi connectivity index (χ0n) is 12.4. The minimum Gasteiger partial charge on any atom is -0.352 e. The number of rotatable bonds is 4. The Balaban J connectivity index is 1.87. The first-order valence-electron chi connectivity index (χ1n) is 7.45. The first-order chi connectivity index (χ1) is 9.60. The summed E-state index contributed by atoms with van der Waals surface area (Å²) in [6.45, 7) is 7.40. The van der Waals surface area contributed by atoms with Crippen molar-refractivity contribution < 1.29 is 4.79 Å². The van der Waals surface area contributed by atoms with Gasteiger partial charge in [0.25, 0.3) is 0 Å². The summed E-state index contributed by atoms with van der Waals surface area (Å²) in [4.78, 5) is 14.6. The van der Waals surface area contributed by atoms with E-state index in [1.165, 1.54) is 5.56 Å². The zero-order chi connectivity index (χ0) is 14.5. The molecule has 1 aliphatic rings. The highest BCUT2D eigenvalue weighted by Crippen LogP contribution is 2.14. The molecule has 1 aromatic rings. The molecule has 1 saturated heterocycles. The molecule has 0 aliphatic carbocycles. The summed E-state index contributed by atoms with van der Waals surface area (Å²) in [6.07, 6.45) is 2.03. The molecule has 4 heteroatoms. The molecule has 1 aliphatic heterocycles. The Labute approximate surface area is 121 Å². The van der Waals surface area contributed by atoms with Crippen molar-refractivity contribution in [3.63, 3.8) is 0 Å². The lowest BCUT2D eigenvalue weighted by Crippen LogP contribution is -2.47. The maximum atomic E-state index is 12.2. The van der Waals surface area contributed by atoms with E-state index < -0.39 is 6.04 Å². The van der Waals surface area contributed by atoms with Crippen molar-refractivity contribution in [1.29, 1.82) is 0 Å². The molecule has 1 atom stereocenters. The minimum atomic E-state index is -0.570. The van der Waals surface area contributed by atoms with Gasteiger partial charge in [-0.3, -0.25) is 4.79 Å². The fourth-order valence-corrected chi connectivity index (χ4v) is 2.61. The molecule has 1 aromatic carbocycles. The normalized spacial score (nSPS) is 18.8. The SMILES string of the molecule is CCN1CCC(NC(=O)C(N)c2ccc(C)cc2)CC1. The smallest absolute Gasteiger partial charge is 0.241 e. The van der Waals surface area contributed by atoms with Crippen LogP contribution in [0.15, 0.2) is 24.3 Å². The quantitative estimate of drug-likeness (QED) is 0.877. The summed E-state index contributed by atoms with van der Waals surface area (Å²) in [7, 11) is 0. The summed E-state index contributed by atoms with van der Waals surface area (Å²) in [5, 5.41) is 3.09. The highest BCUT2D eigenvalue weighted by molar-refractivity contribution is 5.83. The van der Waals surface area contributed by atoms with Gasteiger partial charge in [-0.1, -0.05) is 36.8 Å². The van der Waals surface area contributed by atoms with Crippen LogP contribution < -0.4 is 11.1 Å². The predicted octanol–water partition coefficient (Wildman–Crippen LogP) is 1.60. The number of nitrogens with two attached hydrogens (primary N) is 1. The van der Waals surface area contributed by atoms with E-state index in [2.05, 4.69) is 17.1 Å². The summed E-state index contributed by atoms with van der Waals surface area (Å²) in [5.41, 5.74) is 8.09. The molecule has 0 aromatic heterocycles. The minimum absolute atomic E-state index is 0.0659. The van der Waals surface area contributed by atoms with E-state index in [1.54, 1.807) is 0 Å². The zero-order valence-corrected chi connectivity index (χ0v) is 12.4. The number of piperidine rings is 1. The number of carbonyl (C=O) groups is 1. The average Bonchev–Trinajstić information content (AvgIpc) is 2.48. The van der Waals surface area contributed by atoms with Gasteiger partial charge >= 0.3 is 0 Å². The maximum absolute atomic E-state index is 12.2. The molecule has 0 radical (unpaired) electrons. The van der Waals surface area contributed by atoms with Crippen molar-refractivity contribution >= 4 is 5.91 Å². The average molecular weight is 275 g/mol. The van der Waals surface area contributed by atoms with Crippen LogP contribution in [0.5, 0.6) is 0 Å². The molecule has 2 rings (SSSR count). The number of amides is 1. The summed E-state index contributed by atoms with van der Waals surface area (Å²) >= 11 is 0. The van der Waals surface area contributed by atoms with Crippen LogP contribution in [0.1, 0.15) is 36.9 Å². The Bertz CT molecular complexity index is 436. The molecule has 3 N–H and O–H groups in total. The molecule has 4 nitrogen and oxygen atoms in total. The van der Waals surface area contributed by atoms with E-state index >= 15 is 0 Å². The predicted molar refractivity (Wildman–Crippen MR) is 81.4 cm³/mol. The summed E-state index contributed by atoms with van der Waals surface area (Å²) in [5.74, 6) is -0.0659. The third-order valence-corrected chi connectivity index (χ3v) is 4.10. The topological polar surface area (TPSA) is 58.4 Å². The van der Waals surface area contributed by atoms with Crippen molar-refractivity contribution in [2.75, 3.05) is 19.6 Å². The van der Waals surface area contributed by atoms with Gasteiger partial charge in [0.2, 0.25) is 5.91 Å². The molecule has 1 heterocycles. The third kappa shape index (κ3) is 3.81. The van der Waals surface area contributed by atoms with Crippen LogP contribution in [0.25, 0.3) is 0 Å². The summed E-state index contributed by atoms with van der Waals surface area (Å²) < 4.78 is 0. The molecule has 0 spiro atoms. The van der Waals surface area contributed by atoms with Gasteiger partial charge in [0, 0.05) is 19.1 Å². The van der Waals surface area contributed by atoms with E-state index in [9.17, 15) is 4.79 Å². The molecular weight excluding hydrogens is 250 g/mol. The third-order valence-electron chi connectivity index (χ3n) is 4.10. The summed E-state index contributed by atoms with van der Waals surface area (Å²) in [6, 6.07) is 7.53. The van der Waals surface area contributed by atoms with Gasteiger partial charge in [-0.2, -0.15) is 0 Å². The van der Waals surface area contributed by atoms with E-state index in [-0.39, 0.29) is 11.9 Å². The number of likely N-dealkylation sites (tertiary alicyclic amines) is 1. The number of hydrogen-bond donors (Lipinski definition) is 2. The van der Waals surface area contributed by atoms with Crippen LogP contribution in [0.4, 0.5) is 0 Å². The number of aryl methyl sites for hydroxylation is 1. The molecule has 0 bridgehead atoms. The Morgan fingerprint density at radius 3 is 2.50 bits per heavy atom. The van der Waals surface area contributed by atoms with Crippen LogP contribution >= 0.6 is 0 Å². The lowest BCUT2D eigenvalue weighted by molar-refractivity contribution is -0.123. The molecule has 20 heavy (non-hydrogen) atoms. The Morgan fingerprint density at radius 2 is 1.95 bits per heavy atom. The number of benzene rings is 1. The molecule has 0 saturated carbocycles. The number of hydrogen-bond acceptors (Lipinski definition) is 3. The monoisotopic (exact) mass is 275 g/mol. The van der Waals surface area contributed by atoms with Crippen LogP contribution in [-0.4, -0.2) is 36.5 Å². The van der Waals surface area contributed by atoms with E-state index in [4.69, 9.17) is 5.73 Å². The lowest BCUT2D eigenvalue weighted by Gasteiger charge is -2.32. The molecule has 1 unspecified atom stereocenters. The molecular formula is C16H25N3O. The molecule has 110 valence electrons. The van der Waals surface area contributed by atoms with Gasteiger partial charge in [-0.25, -0.2) is 0 Å². The van der Waals surface area contributed by atoms with Crippen molar-refractivity contribution in [1.82, 2.24) is 10.2 Å². The molecule has 1 amide bonds. The standard InChI is InChI=1S/C16H25N3O/c1-3-19-10-8-14(9-11-19)18-16(20)15(17)13-6-4-12(2)5-7-13/h4-7,14-15H,3,8-11,17H2,1-2H3,(H,18,20). The number of carbonyl (C=O) groups excluding carboxylic acids is 1. The van der Waals surface area contributed by atoms with Gasteiger partial charge in [-0.15, -0.1) is 0 Å². The van der Waals surface area contributed by atoms with Crippen LogP contribution in [0, 0.1) is 6.92 Å². The van der Waals surface area contributed by atoms with Crippen molar-refractivity contribution in [2.45, 2.75) is 38.8 Å². The van der Waals surface area contributed by atoms with Crippen LogP contribution in [0.3, 0.4) is 0 Å². The van der Waals surface area contributed by atoms with E-state index in [1.807, 2.05) is 31.2 Å². The van der Waals surface area contributed by atoms with Gasteiger partial charge in [0.05, 0.1) is 0 Å². The maximum Gasteiger partial charge on any atom is 0.241 e. The highest BCUT2D eigenvalue weighted by Gasteiger charge is 2.22. The number of nitrogens with one attached hydrogen (secondary N) is 1. The van der Waals surface area contributed by atoms with Gasteiger partial charge in [0.15, 0.2) is 0 Å². The number of nitrogens with zero attached hydrogens (tertiary/aromatic N) is 1. The second-order valence-electron chi connectivity index (χ2n) is 5.61. The Kier molecular flexibility index (Phi) is 5.15. The van der Waals surface area contributed by atoms with E-state index in [0.29, 0.717) is 0 Å². The Morgan fingerprint density at radius 1 is 1.35 bits per heavy atom. The van der Waals surface area contributed by atoms with E-state index in [0.717, 1.165) is 38.0 Å². The van der Waals surface area contributed by atoms with Crippen LogP contribution in [0.2, 0.25) is 0 Å². The fourth-order valence-electron chi connectivity index (χ4n) is 2.61. The first kappa shape index (κ1) is 15.0. The Hall–Kier alpha value is -1.39.